The number of nitrogens with two attached hydrogens (primary N) is 1. The summed E-state index contributed by atoms with van der Waals surface area (Å²) in [5, 5.41) is 6.84. The SMILES string of the molecule is CCNC(=NCc1ccc(C(N)=O)o1)NC1CC(OCC)C1(CC)CC.I. The number of nitrogens with one attached hydrogen (secondary N) is 2. The number of aliphatic imine (C=N–C) groups is 1. The minimum Gasteiger partial charge on any atom is -0.454 e. The second-order valence-corrected chi connectivity index (χ2v) is 6.64. The summed E-state index contributed by atoms with van der Waals surface area (Å²) in [4.78, 5) is 15.7. The maximum Gasteiger partial charge on any atom is 0.284 e. The average Bonchev–Trinajstić information content (AvgIpc) is 3.09. The van der Waals surface area contributed by atoms with Crippen LogP contribution in [0.25, 0.3) is 0 Å². The number of nitrogens with zero attached hydrogens (tertiary/aromatic N) is 1. The number of carbonyl (C=O) groups is 1. The zero-order chi connectivity index (χ0) is 19.2. The van der Waals surface area contributed by atoms with E-state index in [4.69, 9.17) is 14.9 Å². The number of hydrogen-bond acceptors (Lipinski definition) is 4. The van der Waals surface area contributed by atoms with Gasteiger partial charge in [0.1, 0.15) is 12.3 Å². The van der Waals surface area contributed by atoms with Gasteiger partial charge in [-0.1, -0.05) is 13.8 Å². The molecule has 2 atom stereocenters. The van der Waals surface area contributed by atoms with Crippen molar-refractivity contribution in [1.82, 2.24) is 10.6 Å². The first kappa shape index (κ1) is 23.7. The van der Waals surface area contributed by atoms with Gasteiger partial charge in [-0.2, -0.15) is 0 Å². The third kappa shape index (κ3) is 5.37. The summed E-state index contributed by atoms with van der Waals surface area (Å²) in [6, 6.07) is 3.62. The Morgan fingerprint density at radius 3 is 2.56 bits per heavy atom. The smallest absolute Gasteiger partial charge is 0.284 e. The molecule has 1 heterocycles. The summed E-state index contributed by atoms with van der Waals surface area (Å²) in [7, 11) is 0. The third-order valence-electron chi connectivity index (χ3n) is 5.42. The lowest BCUT2D eigenvalue weighted by atomic mass is 9.58. The van der Waals surface area contributed by atoms with Crippen LogP contribution >= 0.6 is 24.0 Å². The van der Waals surface area contributed by atoms with Crippen molar-refractivity contribution in [3.63, 3.8) is 0 Å². The van der Waals surface area contributed by atoms with Gasteiger partial charge in [-0.15, -0.1) is 24.0 Å². The third-order valence-corrected chi connectivity index (χ3v) is 5.42. The van der Waals surface area contributed by atoms with Crippen LogP contribution in [0, 0.1) is 5.41 Å². The van der Waals surface area contributed by atoms with Crippen LogP contribution in [0.3, 0.4) is 0 Å². The van der Waals surface area contributed by atoms with Gasteiger partial charge in [-0.3, -0.25) is 4.79 Å². The molecule has 8 heteroatoms. The Hall–Kier alpha value is -1.29. The van der Waals surface area contributed by atoms with Crippen LogP contribution in [-0.2, 0) is 11.3 Å². The lowest BCUT2D eigenvalue weighted by Crippen LogP contribution is -2.65. The average molecular weight is 492 g/mol. The topological polar surface area (TPSA) is 102 Å². The highest BCUT2D eigenvalue weighted by Crippen LogP contribution is 2.48. The number of ether oxygens (including phenoxy) is 1. The fourth-order valence-electron chi connectivity index (χ4n) is 3.82. The summed E-state index contributed by atoms with van der Waals surface area (Å²) < 4.78 is 11.3. The number of primary amides is 1. The monoisotopic (exact) mass is 492 g/mol. The molecule has 0 spiro atoms. The molecule has 2 rings (SSSR count). The lowest BCUT2D eigenvalue weighted by Gasteiger charge is -2.55. The van der Waals surface area contributed by atoms with E-state index in [1.807, 2.05) is 13.8 Å². The van der Waals surface area contributed by atoms with Gasteiger partial charge in [0.25, 0.3) is 5.91 Å². The van der Waals surface area contributed by atoms with E-state index in [2.05, 4.69) is 29.5 Å². The summed E-state index contributed by atoms with van der Waals surface area (Å²) in [6.45, 7) is 10.4. The zero-order valence-corrected chi connectivity index (χ0v) is 19.0. The van der Waals surface area contributed by atoms with Crippen LogP contribution in [0.2, 0.25) is 0 Å². The van der Waals surface area contributed by atoms with Gasteiger partial charge in [0, 0.05) is 24.6 Å². The molecule has 27 heavy (non-hydrogen) atoms. The largest absolute Gasteiger partial charge is 0.454 e. The predicted molar refractivity (Wildman–Crippen MR) is 117 cm³/mol. The van der Waals surface area contributed by atoms with E-state index in [1.165, 1.54) is 0 Å². The van der Waals surface area contributed by atoms with Crippen LogP contribution in [0.4, 0.5) is 0 Å². The fourth-order valence-corrected chi connectivity index (χ4v) is 3.82. The van der Waals surface area contributed by atoms with Gasteiger partial charge >= 0.3 is 0 Å². The van der Waals surface area contributed by atoms with E-state index >= 15 is 0 Å². The van der Waals surface area contributed by atoms with Crippen molar-refractivity contribution in [2.24, 2.45) is 16.1 Å². The van der Waals surface area contributed by atoms with E-state index in [0.717, 1.165) is 38.4 Å². The number of guanidine groups is 1. The van der Waals surface area contributed by atoms with E-state index in [-0.39, 0.29) is 35.2 Å². The van der Waals surface area contributed by atoms with Crippen molar-refractivity contribution >= 4 is 35.8 Å². The normalized spacial score (nSPS) is 21.1. The Balaban J connectivity index is 0.00000364. The summed E-state index contributed by atoms with van der Waals surface area (Å²) in [6.07, 6.45) is 3.40. The number of furan rings is 1. The van der Waals surface area contributed by atoms with Gasteiger partial charge in [-0.25, -0.2) is 4.99 Å². The fraction of sp³-hybridized carbons (Fsp3) is 0.684. The first-order chi connectivity index (χ1) is 12.5. The van der Waals surface area contributed by atoms with Crippen molar-refractivity contribution in [3.05, 3.63) is 23.7 Å². The number of carbonyl (C=O) groups excluding carboxylic acids is 1. The second-order valence-electron chi connectivity index (χ2n) is 6.64. The molecule has 1 fully saturated rings. The highest BCUT2D eigenvalue weighted by atomic mass is 127. The van der Waals surface area contributed by atoms with Crippen molar-refractivity contribution in [1.29, 1.82) is 0 Å². The van der Waals surface area contributed by atoms with Gasteiger partial charge in [-0.05, 0) is 45.2 Å². The molecule has 0 saturated heterocycles. The Bertz CT molecular complexity index is 628. The number of halogens is 1. The van der Waals surface area contributed by atoms with E-state index < -0.39 is 5.91 Å². The molecule has 0 aromatic carbocycles. The van der Waals surface area contributed by atoms with Crippen LogP contribution < -0.4 is 16.4 Å². The molecule has 1 amide bonds. The molecule has 2 unspecified atom stereocenters. The second kappa shape index (κ2) is 10.9. The van der Waals surface area contributed by atoms with E-state index in [0.29, 0.717) is 24.5 Å². The Morgan fingerprint density at radius 1 is 1.33 bits per heavy atom. The minimum atomic E-state index is -0.572. The summed E-state index contributed by atoms with van der Waals surface area (Å²) in [5.41, 5.74) is 5.35. The van der Waals surface area contributed by atoms with Crippen molar-refractivity contribution in [2.75, 3.05) is 13.2 Å². The Kier molecular flexibility index (Phi) is 9.58. The maximum atomic E-state index is 11.1. The molecule has 1 aliphatic rings. The predicted octanol–water partition coefficient (Wildman–Crippen LogP) is 3.04. The van der Waals surface area contributed by atoms with Crippen molar-refractivity contribution in [2.45, 2.75) is 65.6 Å². The molecular weight excluding hydrogens is 459 g/mol. The zero-order valence-electron chi connectivity index (χ0n) is 16.7. The molecule has 1 aliphatic carbocycles. The molecule has 1 aromatic heterocycles. The van der Waals surface area contributed by atoms with Crippen LogP contribution in [-0.4, -0.2) is 37.2 Å². The number of hydrogen-bond donors (Lipinski definition) is 3. The van der Waals surface area contributed by atoms with Crippen molar-refractivity contribution in [3.8, 4) is 0 Å². The molecule has 7 nitrogen and oxygen atoms in total. The van der Waals surface area contributed by atoms with Gasteiger partial charge in [0.15, 0.2) is 11.7 Å². The number of amides is 1. The number of rotatable bonds is 9. The standard InChI is InChI=1S/C19H32N4O3.HI/c1-5-19(6-2)15(11-16(19)25-8-4)23-18(21-7-3)22-12-13-9-10-14(26-13)17(20)24;/h9-10,15-16H,5-8,11-12H2,1-4H3,(H2,20,24)(H2,21,22,23);1H. The molecule has 4 N–H and O–H groups in total. The molecular formula is C19H33IN4O3. The van der Waals surface area contributed by atoms with Crippen LogP contribution in [0.15, 0.2) is 21.5 Å². The van der Waals surface area contributed by atoms with Crippen molar-refractivity contribution < 1.29 is 13.9 Å². The molecule has 0 aliphatic heterocycles. The quantitative estimate of drug-likeness (QED) is 0.280. The molecule has 1 saturated carbocycles. The molecule has 0 bridgehead atoms. The highest BCUT2D eigenvalue weighted by molar-refractivity contribution is 14.0. The Labute approximate surface area is 178 Å². The van der Waals surface area contributed by atoms with E-state index in [1.54, 1.807) is 12.1 Å². The summed E-state index contributed by atoms with van der Waals surface area (Å²) in [5.74, 6) is 0.935. The molecule has 0 radical (unpaired) electrons. The Morgan fingerprint density at radius 2 is 2.04 bits per heavy atom. The van der Waals surface area contributed by atoms with Gasteiger partial charge in [0.2, 0.25) is 0 Å². The van der Waals surface area contributed by atoms with Crippen LogP contribution in [0.1, 0.15) is 63.3 Å². The van der Waals surface area contributed by atoms with Gasteiger partial charge in [0.05, 0.1) is 6.10 Å². The molecule has 154 valence electrons. The van der Waals surface area contributed by atoms with E-state index in [9.17, 15) is 4.79 Å². The van der Waals surface area contributed by atoms with Crippen LogP contribution in [0.5, 0.6) is 0 Å². The lowest BCUT2D eigenvalue weighted by molar-refractivity contribution is -0.133. The highest BCUT2D eigenvalue weighted by Gasteiger charge is 2.53. The summed E-state index contributed by atoms with van der Waals surface area (Å²) >= 11 is 0. The first-order valence-electron chi connectivity index (χ1n) is 9.55. The minimum absolute atomic E-state index is 0. The van der Waals surface area contributed by atoms with Gasteiger partial charge < -0.3 is 25.5 Å². The first-order valence-corrected chi connectivity index (χ1v) is 9.55. The maximum absolute atomic E-state index is 11.1. The molecule has 1 aromatic rings.